The van der Waals surface area contributed by atoms with Gasteiger partial charge in [0.05, 0.1) is 23.1 Å². The molecule has 0 unspecified atom stereocenters. The predicted octanol–water partition coefficient (Wildman–Crippen LogP) is 3.98. The second kappa shape index (κ2) is 6.20. The van der Waals surface area contributed by atoms with Crippen LogP contribution in [-0.4, -0.2) is 20.7 Å². The molecule has 1 amide bonds. The molecule has 0 saturated carbocycles. The van der Waals surface area contributed by atoms with E-state index in [0.29, 0.717) is 5.56 Å². The Labute approximate surface area is 144 Å². The van der Waals surface area contributed by atoms with Gasteiger partial charge in [-0.05, 0) is 61.0 Å². The first kappa shape index (κ1) is 15.1. The summed E-state index contributed by atoms with van der Waals surface area (Å²) in [6, 6.07) is 16.8. The Morgan fingerprint density at radius 3 is 2.64 bits per heavy atom. The van der Waals surface area contributed by atoms with E-state index >= 15 is 0 Å². The third-order valence-electron chi connectivity index (χ3n) is 4.00. The summed E-state index contributed by atoms with van der Waals surface area (Å²) in [6.45, 7) is 1.99. The van der Waals surface area contributed by atoms with Gasteiger partial charge in [0.15, 0.2) is 0 Å². The second-order valence-electron chi connectivity index (χ2n) is 5.84. The van der Waals surface area contributed by atoms with Crippen LogP contribution in [0.1, 0.15) is 15.9 Å². The second-order valence-corrected chi connectivity index (χ2v) is 5.84. The van der Waals surface area contributed by atoms with Crippen LogP contribution in [-0.2, 0) is 0 Å². The molecule has 0 aliphatic carbocycles. The van der Waals surface area contributed by atoms with Crippen molar-refractivity contribution in [3.05, 3.63) is 84.3 Å². The fourth-order valence-electron chi connectivity index (χ4n) is 2.73. The molecule has 0 saturated heterocycles. The van der Waals surface area contributed by atoms with E-state index in [1.54, 1.807) is 29.2 Å². The van der Waals surface area contributed by atoms with Crippen molar-refractivity contribution in [2.75, 3.05) is 5.32 Å². The van der Waals surface area contributed by atoms with Gasteiger partial charge < -0.3 is 5.32 Å². The van der Waals surface area contributed by atoms with Crippen molar-refractivity contribution in [3.8, 4) is 5.69 Å². The average molecular weight is 328 g/mol. The highest BCUT2D eigenvalue weighted by atomic mass is 16.1. The Bertz CT molecular complexity index is 1050. The van der Waals surface area contributed by atoms with E-state index in [2.05, 4.69) is 15.4 Å². The molecule has 0 atom stereocenters. The molecule has 1 N–H and O–H groups in total. The number of amides is 1. The largest absolute Gasteiger partial charge is 0.321 e. The van der Waals surface area contributed by atoms with Crippen LogP contribution >= 0.6 is 0 Å². The van der Waals surface area contributed by atoms with E-state index in [1.807, 2.05) is 55.6 Å². The van der Waals surface area contributed by atoms with E-state index in [-0.39, 0.29) is 5.91 Å². The smallest absolute Gasteiger partial charge is 0.255 e. The molecule has 2 aromatic carbocycles. The number of rotatable bonds is 3. The lowest BCUT2D eigenvalue weighted by molar-refractivity contribution is 0.102. The summed E-state index contributed by atoms with van der Waals surface area (Å²) in [4.78, 5) is 16.9. The molecule has 0 bridgehead atoms. The summed E-state index contributed by atoms with van der Waals surface area (Å²) >= 11 is 0. The van der Waals surface area contributed by atoms with E-state index in [1.165, 1.54) is 0 Å². The van der Waals surface area contributed by atoms with Gasteiger partial charge in [-0.25, -0.2) is 4.68 Å². The van der Waals surface area contributed by atoms with Gasteiger partial charge in [0.1, 0.15) is 0 Å². The first-order valence-electron chi connectivity index (χ1n) is 7.97. The normalized spacial score (nSPS) is 10.8. The lowest BCUT2D eigenvalue weighted by Crippen LogP contribution is -2.12. The fraction of sp³-hybridized carbons (Fsp3) is 0.0500. The van der Waals surface area contributed by atoms with Crippen LogP contribution in [0.15, 0.2) is 73.2 Å². The van der Waals surface area contributed by atoms with Gasteiger partial charge in [-0.2, -0.15) is 5.10 Å². The van der Waals surface area contributed by atoms with Gasteiger partial charge in [0, 0.05) is 23.3 Å². The molecule has 25 heavy (non-hydrogen) atoms. The van der Waals surface area contributed by atoms with Crippen LogP contribution in [0.4, 0.5) is 5.69 Å². The minimum absolute atomic E-state index is 0.153. The number of aromatic nitrogens is 3. The van der Waals surface area contributed by atoms with E-state index < -0.39 is 0 Å². The van der Waals surface area contributed by atoms with E-state index in [0.717, 1.165) is 27.8 Å². The van der Waals surface area contributed by atoms with Gasteiger partial charge in [-0.3, -0.25) is 9.78 Å². The first-order chi connectivity index (χ1) is 12.2. The quantitative estimate of drug-likeness (QED) is 0.619. The third-order valence-corrected chi connectivity index (χ3v) is 4.00. The van der Waals surface area contributed by atoms with Crippen molar-refractivity contribution in [1.29, 1.82) is 0 Å². The standard InChI is InChI=1S/C20H16N4O/c1-14-12-22-24(13-14)16-9-7-15(8-10-16)20(25)23-19-6-2-5-18-17(19)4-3-11-21-18/h2-13H,1H3,(H,23,25). The highest BCUT2D eigenvalue weighted by Gasteiger charge is 2.09. The maximum Gasteiger partial charge on any atom is 0.255 e. The molecule has 122 valence electrons. The lowest BCUT2D eigenvalue weighted by Gasteiger charge is -2.09. The Kier molecular flexibility index (Phi) is 3.74. The molecule has 0 spiro atoms. The number of benzene rings is 2. The molecule has 0 fully saturated rings. The molecular formula is C20H16N4O. The summed E-state index contributed by atoms with van der Waals surface area (Å²) in [6.07, 6.45) is 5.48. The molecule has 0 radical (unpaired) electrons. The predicted molar refractivity (Wildman–Crippen MR) is 98.0 cm³/mol. The summed E-state index contributed by atoms with van der Waals surface area (Å²) < 4.78 is 1.79. The Hall–Kier alpha value is -3.47. The minimum atomic E-state index is -0.153. The Morgan fingerprint density at radius 1 is 1.04 bits per heavy atom. The topological polar surface area (TPSA) is 59.8 Å². The summed E-state index contributed by atoms with van der Waals surface area (Å²) in [5.74, 6) is -0.153. The van der Waals surface area contributed by atoms with Gasteiger partial charge in [0.25, 0.3) is 5.91 Å². The van der Waals surface area contributed by atoms with Crippen molar-refractivity contribution < 1.29 is 4.79 Å². The zero-order valence-electron chi connectivity index (χ0n) is 13.7. The van der Waals surface area contributed by atoms with E-state index in [4.69, 9.17) is 0 Å². The first-order valence-corrected chi connectivity index (χ1v) is 7.97. The van der Waals surface area contributed by atoms with E-state index in [9.17, 15) is 4.79 Å². The SMILES string of the molecule is Cc1cnn(-c2ccc(C(=O)Nc3cccc4ncccc34)cc2)c1. The van der Waals surface area contributed by atoms with Crippen molar-refractivity contribution in [1.82, 2.24) is 14.8 Å². The Balaban J connectivity index is 1.58. The number of hydrogen-bond acceptors (Lipinski definition) is 3. The zero-order valence-corrected chi connectivity index (χ0v) is 13.7. The number of hydrogen-bond donors (Lipinski definition) is 1. The molecule has 0 aliphatic rings. The molecule has 4 rings (SSSR count). The van der Waals surface area contributed by atoms with Crippen molar-refractivity contribution >= 4 is 22.5 Å². The average Bonchev–Trinajstić information content (AvgIpc) is 3.08. The van der Waals surface area contributed by atoms with Crippen LogP contribution in [0.2, 0.25) is 0 Å². The summed E-state index contributed by atoms with van der Waals surface area (Å²) in [5.41, 5.74) is 4.20. The maximum atomic E-state index is 12.6. The summed E-state index contributed by atoms with van der Waals surface area (Å²) in [7, 11) is 0. The molecular weight excluding hydrogens is 312 g/mol. The number of carbonyl (C=O) groups is 1. The monoisotopic (exact) mass is 328 g/mol. The van der Waals surface area contributed by atoms with Gasteiger partial charge in [0.2, 0.25) is 0 Å². The summed E-state index contributed by atoms with van der Waals surface area (Å²) in [5, 5.41) is 8.15. The maximum absolute atomic E-state index is 12.6. The molecule has 2 aromatic heterocycles. The van der Waals surface area contributed by atoms with Crippen LogP contribution in [0.25, 0.3) is 16.6 Å². The number of carbonyl (C=O) groups excluding carboxylic acids is 1. The number of nitrogens with zero attached hydrogens (tertiary/aromatic N) is 3. The van der Waals surface area contributed by atoms with Crippen molar-refractivity contribution in [2.24, 2.45) is 0 Å². The van der Waals surface area contributed by atoms with Crippen LogP contribution in [0.5, 0.6) is 0 Å². The molecule has 4 aromatic rings. The highest BCUT2D eigenvalue weighted by Crippen LogP contribution is 2.22. The molecule has 5 heteroatoms. The van der Waals surface area contributed by atoms with Crippen molar-refractivity contribution in [2.45, 2.75) is 6.92 Å². The lowest BCUT2D eigenvalue weighted by atomic mass is 10.1. The number of fused-ring (bicyclic) bond motifs is 1. The third kappa shape index (κ3) is 2.99. The van der Waals surface area contributed by atoms with Gasteiger partial charge >= 0.3 is 0 Å². The van der Waals surface area contributed by atoms with Crippen LogP contribution in [0.3, 0.4) is 0 Å². The zero-order chi connectivity index (χ0) is 17.2. The highest BCUT2D eigenvalue weighted by molar-refractivity contribution is 6.08. The fourth-order valence-corrected chi connectivity index (χ4v) is 2.73. The molecule has 2 heterocycles. The molecule has 0 aliphatic heterocycles. The van der Waals surface area contributed by atoms with Crippen LogP contribution < -0.4 is 5.32 Å². The molecule has 5 nitrogen and oxygen atoms in total. The minimum Gasteiger partial charge on any atom is -0.321 e. The number of nitrogens with one attached hydrogen (secondary N) is 1. The number of anilines is 1. The van der Waals surface area contributed by atoms with Crippen molar-refractivity contribution in [3.63, 3.8) is 0 Å². The number of pyridine rings is 1. The Morgan fingerprint density at radius 2 is 1.88 bits per heavy atom. The van der Waals surface area contributed by atoms with Gasteiger partial charge in [-0.1, -0.05) is 6.07 Å². The number of aryl methyl sites for hydroxylation is 1. The van der Waals surface area contributed by atoms with Gasteiger partial charge in [-0.15, -0.1) is 0 Å². The van der Waals surface area contributed by atoms with Crippen LogP contribution in [0, 0.1) is 6.92 Å².